The van der Waals surface area contributed by atoms with E-state index in [1.807, 2.05) is 0 Å². The van der Waals surface area contributed by atoms with Crippen LogP contribution in [-0.2, 0) is 4.74 Å². The van der Waals surface area contributed by atoms with Gasteiger partial charge in [0.2, 0.25) is 0 Å². The van der Waals surface area contributed by atoms with Crippen LogP contribution in [0, 0.1) is 0 Å². The van der Waals surface area contributed by atoms with E-state index in [4.69, 9.17) is 0 Å². The summed E-state index contributed by atoms with van der Waals surface area (Å²) in [5.74, 6) is 0. The third-order valence-electron chi connectivity index (χ3n) is 0.588. The molecule has 1 atom stereocenters. The quantitative estimate of drug-likeness (QED) is 0.363. The van der Waals surface area contributed by atoms with Crippen LogP contribution < -0.4 is 63.3 Å². The molecule has 1 unspecified atom stereocenters. The van der Waals surface area contributed by atoms with Crippen LogP contribution in [0.15, 0.2) is 0 Å². The first-order valence-electron chi connectivity index (χ1n) is 1.63. The number of epoxide rings is 1. The van der Waals surface area contributed by atoms with Gasteiger partial charge in [-0.2, -0.15) is 0 Å². The van der Waals surface area contributed by atoms with Crippen molar-refractivity contribution in [3.05, 3.63) is 0 Å². The largest absolute Gasteiger partial charge is 1.00 e. The van der Waals surface area contributed by atoms with Crippen LogP contribution in [0.3, 0.4) is 0 Å². The maximum atomic E-state index is 9.57. The Kier molecular flexibility index (Phi) is 4.76. The standard InChI is InChI=1S/C3H5O2.Rb/c4-1-3-2-5-3;/h3H,1-2H2;/q-1;+1. The molecule has 1 aliphatic heterocycles. The molecule has 0 N–H and O–H groups in total. The van der Waals surface area contributed by atoms with Gasteiger partial charge in [0.1, 0.15) is 0 Å². The molecular formula is C3H5O2Rb. The molecule has 1 saturated heterocycles. The summed E-state index contributed by atoms with van der Waals surface area (Å²) in [4.78, 5) is 0. The van der Waals surface area contributed by atoms with E-state index in [0.29, 0.717) is 6.61 Å². The van der Waals surface area contributed by atoms with Crippen molar-refractivity contribution in [1.29, 1.82) is 0 Å². The van der Waals surface area contributed by atoms with Gasteiger partial charge in [-0.25, -0.2) is 0 Å². The maximum absolute atomic E-state index is 9.57. The molecule has 0 aromatic heterocycles. The zero-order valence-corrected chi connectivity index (χ0v) is 8.72. The molecule has 6 heavy (non-hydrogen) atoms. The van der Waals surface area contributed by atoms with Gasteiger partial charge in [0.05, 0.1) is 12.7 Å². The molecule has 30 valence electrons. The normalized spacial score (nSPS) is 28.5. The van der Waals surface area contributed by atoms with Gasteiger partial charge in [-0.3, -0.25) is 0 Å². The van der Waals surface area contributed by atoms with Crippen molar-refractivity contribution >= 4 is 0 Å². The van der Waals surface area contributed by atoms with E-state index in [1.165, 1.54) is 0 Å². The van der Waals surface area contributed by atoms with Crippen LogP contribution >= 0.6 is 0 Å². The molecule has 0 bridgehead atoms. The average Bonchev–Trinajstić information content (AvgIpc) is 2.12. The second-order valence-electron chi connectivity index (χ2n) is 1.12. The van der Waals surface area contributed by atoms with E-state index in [0.717, 1.165) is 0 Å². The molecule has 1 heterocycles. The fraction of sp³-hybridized carbons (Fsp3) is 1.00. The number of hydrogen-bond acceptors (Lipinski definition) is 2. The molecule has 3 heteroatoms. The summed E-state index contributed by atoms with van der Waals surface area (Å²) >= 11 is 0. The third kappa shape index (κ3) is 2.83. The van der Waals surface area contributed by atoms with Crippen LogP contribution in [0.2, 0.25) is 0 Å². The minimum atomic E-state index is -0.0556. The summed E-state index contributed by atoms with van der Waals surface area (Å²) in [6.07, 6.45) is 0.0787. The van der Waals surface area contributed by atoms with Gasteiger partial charge in [0, 0.05) is 0 Å². The van der Waals surface area contributed by atoms with Gasteiger partial charge in [0.25, 0.3) is 0 Å². The second kappa shape index (κ2) is 3.69. The van der Waals surface area contributed by atoms with Crippen LogP contribution in [-0.4, -0.2) is 19.3 Å². The zero-order chi connectivity index (χ0) is 3.70. The smallest absolute Gasteiger partial charge is 0.853 e. The predicted octanol–water partition coefficient (Wildman–Crippen LogP) is -4.25. The average molecular weight is 159 g/mol. The number of rotatable bonds is 1. The Balaban J connectivity index is 0.000000250. The van der Waals surface area contributed by atoms with Crippen LogP contribution in [0.1, 0.15) is 0 Å². The van der Waals surface area contributed by atoms with E-state index >= 15 is 0 Å². The molecule has 1 rings (SSSR count). The van der Waals surface area contributed by atoms with E-state index in [-0.39, 0.29) is 70.9 Å². The Labute approximate surface area is 85.7 Å². The van der Waals surface area contributed by atoms with E-state index < -0.39 is 0 Å². The Morgan fingerprint density at radius 3 is 2.33 bits per heavy atom. The van der Waals surface area contributed by atoms with Crippen LogP contribution in [0.25, 0.3) is 0 Å². The first kappa shape index (κ1) is 7.73. The Morgan fingerprint density at radius 2 is 2.33 bits per heavy atom. The number of ether oxygens (including phenoxy) is 1. The Morgan fingerprint density at radius 1 is 1.83 bits per heavy atom. The van der Waals surface area contributed by atoms with Crippen molar-refractivity contribution in [3.63, 3.8) is 0 Å². The van der Waals surface area contributed by atoms with E-state index in [1.54, 1.807) is 0 Å². The molecule has 0 spiro atoms. The van der Waals surface area contributed by atoms with Crippen molar-refractivity contribution < 1.29 is 68.0 Å². The topological polar surface area (TPSA) is 35.6 Å². The molecular weight excluding hydrogens is 153 g/mol. The van der Waals surface area contributed by atoms with E-state index in [9.17, 15) is 5.11 Å². The molecule has 0 radical (unpaired) electrons. The fourth-order valence-electron chi connectivity index (χ4n) is 0.164. The molecule has 0 aromatic rings. The van der Waals surface area contributed by atoms with Crippen molar-refractivity contribution in [2.45, 2.75) is 6.10 Å². The van der Waals surface area contributed by atoms with Gasteiger partial charge < -0.3 is 9.84 Å². The summed E-state index contributed by atoms with van der Waals surface area (Å²) in [5, 5.41) is 9.57. The van der Waals surface area contributed by atoms with Crippen LogP contribution in [0.5, 0.6) is 0 Å². The van der Waals surface area contributed by atoms with Gasteiger partial charge in [0.15, 0.2) is 0 Å². The van der Waals surface area contributed by atoms with E-state index in [2.05, 4.69) is 4.74 Å². The first-order valence-corrected chi connectivity index (χ1v) is 1.63. The predicted molar refractivity (Wildman–Crippen MR) is 14.6 cm³/mol. The van der Waals surface area contributed by atoms with Gasteiger partial charge in [-0.15, -0.1) is 6.61 Å². The zero-order valence-electron chi connectivity index (χ0n) is 3.81. The molecule has 1 aliphatic rings. The maximum Gasteiger partial charge on any atom is 1.00 e. The third-order valence-corrected chi connectivity index (χ3v) is 0.588. The molecule has 2 nitrogen and oxygen atoms in total. The van der Waals surface area contributed by atoms with Gasteiger partial charge >= 0.3 is 58.2 Å². The summed E-state index contributed by atoms with van der Waals surface area (Å²) < 4.78 is 4.55. The minimum absolute atomic E-state index is 0. The van der Waals surface area contributed by atoms with Crippen LogP contribution in [0.4, 0.5) is 0 Å². The van der Waals surface area contributed by atoms with Crippen molar-refractivity contribution in [2.24, 2.45) is 0 Å². The first-order chi connectivity index (χ1) is 2.43. The monoisotopic (exact) mass is 158 g/mol. The second-order valence-corrected chi connectivity index (χ2v) is 1.12. The summed E-state index contributed by atoms with van der Waals surface area (Å²) in [6, 6.07) is 0. The van der Waals surface area contributed by atoms with Gasteiger partial charge in [-0.1, -0.05) is 0 Å². The minimum Gasteiger partial charge on any atom is -0.853 e. The SMILES string of the molecule is [O-]CC1CO1.[Rb+]. The molecule has 0 aliphatic carbocycles. The van der Waals surface area contributed by atoms with Crippen molar-refractivity contribution in [3.8, 4) is 0 Å². The summed E-state index contributed by atoms with van der Waals surface area (Å²) in [6.45, 7) is 0.642. The Bertz CT molecular complexity index is 35.8. The molecule has 1 fully saturated rings. The molecule has 0 aromatic carbocycles. The van der Waals surface area contributed by atoms with Crippen molar-refractivity contribution in [2.75, 3.05) is 13.2 Å². The summed E-state index contributed by atoms with van der Waals surface area (Å²) in [5.41, 5.74) is 0. The molecule has 0 amide bonds. The number of hydrogen-bond donors (Lipinski definition) is 0. The Hall–Kier alpha value is 1.73. The fourth-order valence-corrected chi connectivity index (χ4v) is 0.164. The van der Waals surface area contributed by atoms with Gasteiger partial charge in [-0.05, 0) is 0 Å². The summed E-state index contributed by atoms with van der Waals surface area (Å²) in [7, 11) is 0. The van der Waals surface area contributed by atoms with Crippen molar-refractivity contribution in [1.82, 2.24) is 0 Å². The molecule has 0 saturated carbocycles.